The molecule has 2 aromatic rings. The first kappa shape index (κ1) is 22.4. The Morgan fingerprint density at radius 2 is 2.19 bits per heavy atom. The normalized spacial score (nSPS) is 11.0. The molecular formula is C18H26ClIN6. The summed E-state index contributed by atoms with van der Waals surface area (Å²) in [5.74, 6) is 1.78. The Labute approximate surface area is 177 Å². The number of benzene rings is 1. The molecule has 0 amide bonds. The number of nitrogens with one attached hydrogen (secondary N) is 1. The molecule has 0 fully saturated rings. The maximum absolute atomic E-state index is 6.26. The number of aliphatic imine (C=N–C) groups is 1. The van der Waals surface area contributed by atoms with Crippen LogP contribution in [-0.4, -0.2) is 45.8 Å². The minimum Gasteiger partial charge on any atom is -0.353 e. The van der Waals surface area contributed by atoms with Crippen LogP contribution in [0.2, 0.25) is 5.02 Å². The fourth-order valence-corrected chi connectivity index (χ4v) is 2.63. The molecule has 0 radical (unpaired) electrons. The molecule has 142 valence electrons. The maximum Gasteiger partial charge on any atom is 0.194 e. The van der Waals surface area contributed by atoms with Crippen LogP contribution in [0.5, 0.6) is 0 Å². The summed E-state index contributed by atoms with van der Waals surface area (Å²) in [5.41, 5.74) is 1.06. The highest BCUT2D eigenvalue weighted by Gasteiger charge is 2.09. The molecule has 0 unspecified atom stereocenters. The minimum absolute atomic E-state index is 0. The molecule has 8 heteroatoms. The lowest BCUT2D eigenvalue weighted by Gasteiger charge is -2.22. The van der Waals surface area contributed by atoms with Crippen LogP contribution in [-0.2, 0) is 19.5 Å². The fraction of sp³-hybridized carbons (Fsp3) is 0.389. The zero-order valence-electron chi connectivity index (χ0n) is 15.2. The van der Waals surface area contributed by atoms with Crippen LogP contribution in [0.4, 0.5) is 0 Å². The van der Waals surface area contributed by atoms with Crippen LogP contribution in [0.3, 0.4) is 0 Å². The Morgan fingerprint density at radius 1 is 1.42 bits per heavy atom. The number of aryl methyl sites for hydroxylation is 1. The quantitative estimate of drug-likeness (QED) is 0.268. The van der Waals surface area contributed by atoms with Gasteiger partial charge in [0.25, 0.3) is 0 Å². The Kier molecular flexibility index (Phi) is 10.3. The molecule has 0 aliphatic heterocycles. The first-order chi connectivity index (χ1) is 12.2. The molecule has 0 aliphatic carbocycles. The average Bonchev–Trinajstić information content (AvgIpc) is 3.07. The molecule has 6 nitrogen and oxygen atoms in total. The molecule has 1 aromatic carbocycles. The van der Waals surface area contributed by atoms with Gasteiger partial charge < -0.3 is 14.8 Å². The minimum atomic E-state index is 0. The summed E-state index contributed by atoms with van der Waals surface area (Å²) < 4.78 is 2.03. The van der Waals surface area contributed by atoms with Crippen molar-refractivity contribution in [2.75, 3.05) is 20.1 Å². The third-order valence-electron chi connectivity index (χ3n) is 3.75. The smallest absolute Gasteiger partial charge is 0.194 e. The number of halogens is 2. The molecule has 0 saturated carbocycles. The highest BCUT2D eigenvalue weighted by molar-refractivity contribution is 14.0. The second-order valence-electron chi connectivity index (χ2n) is 5.62. The van der Waals surface area contributed by atoms with E-state index in [4.69, 9.17) is 16.6 Å². The van der Waals surface area contributed by atoms with E-state index in [9.17, 15) is 0 Å². The van der Waals surface area contributed by atoms with E-state index in [0.717, 1.165) is 35.3 Å². The maximum atomic E-state index is 6.26. The molecule has 26 heavy (non-hydrogen) atoms. The molecule has 0 atom stereocenters. The van der Waals surface area contributed by atoms with Crippen LogP contribution >= 0.6 is 35.6 Å². The number of hydrogen-bond acceptors (Lipinski definition) is 3. The SMILES string of the molecule is C=CCNC(=NCCn1cnnc1CC)N(C)Cc1ccccc1Cl.I. The third-order valence-corrected chi connectivity index (χ3v) is 4.11. The third kappa shape index (κ3) is 6.60. The van der Waals surface area contributed by atoms with E-state index in [2.05, 4.69) is 33.9 Å². The van der Waals surface area contributed by atoms with Gasteiger partial charge in [-0.2, -0.15) is 0 Å². The molecule has 0 spiro atoms. The van der Waals surface area contributed by atoms with Crippen molar-refractivity contribution >= 4 is 41.5 Å². The molecule has 1 heterocycles. The van der Waals surface area contributed by atoms with E-state index in [1.54, 1.807) is 6.33 Å². The number of nitrogens with zero attached hydrogens (tertiary/aromatic N) is 5. The predicted octanol–water partition coefficient (Wildman–Crippen LogP) is 3.38. The van der Waals surface area contributed by atoms with E-state index >= 15 is 0 Å². The summed E-state index contributed by atoms with van der Waals surface area (Å²) in [4.78, 5) is 6.75. The number of guanidine groups is 1. The summed E-state index contributed by atoms with van der Waals surface area (Å²) in [6.45, 7) is 8.53. The number of rotatable bonds is 8. The fourth-order valence-electron chi connectivity index (χ4n) is 2.44. The first-order valence-electron chi connectivity index (χ1n) is 8.36. The van der Waals surface area contributed by atoms with Crippen molar-refractivity contribution in [3.05, 3.63) is 59.7 Å². The van der Waals surface area contributed by atoms with E-state index < -0.39 is 0 Å². The monoisotopic (exact) mass is 488 g/mol. The van der Waals surface area contributed by atoms with Gasteiger partial charge in [-0.15, -0.1) is 40.8 Å². The Bertz CT molecular complexity index is 715. The number of hydrogen-bond donors (Lipinski definition) is 1. The van der Waals surface area contributed by atoms with Gasteiger partial charge in [0, 0.05) is 38.1 Å². The molecule has 0 aliphatic rings. The molecule has 0 saturated heterocycles. The van der Waals surface area contributed by atoms with Crippen molar-refractivity contribution in [3.63, 3.8) is 0 Å². The molecule has 1 aromatic heterocycles. The topological polar surface area (TPSA) is 58.3 Å². The van der Waals surface area contributed by atoms with Gasteiger partial charge in [0.2, 0.25) is 0 Å². The van der Waals surface area contributed by atoms with Gasteiger partial charge in [0.15, 0.2) is 5.96 Å². The van der Waals surface area contributed by atoms with Gasteiger partial charge in [-0.25, -0.2) is 0 Å². The Hall–Kier alpha value is -1.61. The van der Waals surface area contributed by atoms with Crippen LogP contribution in [0.25, 0.3) is 0 Å². The van der Waals surface area contributed by atoms with E-state index in [-0.39, 0.29) is 24.0 Å². The van der Waals surface area contributed by atoms with Gasteiger partial charge in [-0.1, -0.05) is 42.8 Å². The summed E-state index contributed by atoms with van der Waals surface area (Å²) in [5, 5.41) is 12.1. The van der Waals surface area contributed by atoms with Crippen molar-refractivity contribution in [2.45, 2.75) is 26.4 Å². The largest absolute Gasteiger partial charge is 0.353 e. The lowest BCUT2D eigenvalue weighted by Crippen LogP contribution is -2.39. The van der Waals surface area contributed by atoms with Crippen LogP contribution in [0.15, 0.2) is 48.2 Å². The van der Waals surface area contributed by atoms with Crippen LogP contribution in [0.1, 0.15) is 18.3 Å². The molecule has 0 bridgehead atoms. The van der Waals surface area contributed by atoms with E-state index in [1.165, 1.54) is 0 Å². The zero-order valence-corrected chi connectivity index (χ0v) is 18.3. The van der Waals surface area contributed by atoms with Gasteiger partial charge in [-0.3, -0.25) is 4.99 Å². The highest BCUT2D eigenvalue weighted by atomic mass is 127. The van der Waals surface area contributed by atoms with Crippen molar-refractivity contribution in [2.24, 2.45) is 4.99 Å². The summed E-state index contributed by atoms with van der Waals surface area (Å²) >= 11 is 6.26. The average molecular weight is 489 g/mol. The van der Waals surface area contributed by atoms with Gasteiger partial charge in [0.05, 0.1) is 6.54 Å². The molecule has 1 N–H and O–H groups in total. The van der Waals surface area contributed by atoms with Crippen molar-refractivity contribution < 1.29 is 0 Å². The number of aromatic nitrogens is 3. The van der Waals surface area contributed by atoms with Crippen molar-refractivity contribution in [1.82, 2.24) is 25.0 Å². The van der Waals surface area contributed by atoms with Crippen molar-refractivity contribution in [1.29, 1.82) is 0 Å². The lowest BCUT2D eigenvalue weighted by atomic mass is 10.2. The second kappa shape index (κ2) is 11.9. The molecular weight excluding hydrogens is 463 g/mol. The second-order valence-corrected chi connectivity index (χ2v) is 6.02. The summed E-state index contributed by atoms with van der Waals surface area (Å²) in [6, 6.07) is 7.84. The highest BCUT2D eigenvalue weighted by Crippen LogP contribution is 2.16. The van der Waals surface area contributed by atoms with Gasteiger partial charge in [-0.05, 0) is 11.6 Å². The Balaban J connectivity index is 0.00000338. The van der Waals surface area contributed by atoms with Crippen molar-refractivity contribution in [3.8, 4) is 0 Å². The first-order valence-corrected chi connectivity index (χ1v) is 8.74. The zero-order chi connectivity index (χ0) is 18.1. The predicted molar refractivity (Wildman–Crippen MR) is 118 cm³/mol. The summed E-state index contributed by atoms with van der Waals surface area (Å²) in [6.07, 6.45) is 4.42. The van der Waals surface area contributed by atoms with Gasteiger partial charge in [0.1, 0.15) is 12.2 Å². The van der Waals surface area contributed by atoms with E-state index in [1.807, 2.05) is 42.0 Å². The van der Waals surface area contributed by atoms with Crippen LogP contribution < -0.4 is 5.32 Å². The Morgan fingerprint density at radius 3 is 2.88 bits per heavy atom. The van der Waals surface area contributed by atoms with E-state index in [0.29, 0.717) is 19.6 Å². The molecule has 2 rings (SSSR count). The summed E-state index contributed by atoms with van der Waals surface area (Å²) in [7, 11) is 1.99. The lowest BCUT2D eigenvalue weighted by molar-refractivity contribution is 0.477. The van der Waals surface area contributed by atoms with Crippen LogP contribution in [0, 0.1) is 0 Å². The standard InChI is InChI=1S/C18H25ClN6.HI/c1-4-10-20-18(21-11-12-25-14-22-23-17(25)5-2)24(3)13-15-8-6-7-9-16(15)19;/h4,6-9,14H,1,5,10-13H2,2-3H3,(H,20,21);1H. The van der Waals surface area contributed by atoms with Gasteiger partial charge >= 0.3 is 0 Å².